The molecule has 2 saturated heterocycles. The van der Waals surface area contributed by atoms with Crippen LogP contribution in [0, 0.1) is 17.0 Å². The molecular formula is C16H23N3O2. The predicted octanol–water partition coefficient (Wildman–Crippen LogP) is 2.62. The standard InChI is InChI=1S/C16H23N3O2/c1-12-5-6-13(10-16(12)19(20)21)11-17-14-7-9-18-8-3-2-4-15(14)18/h5-6,10,14-15,17H,2-4,7-9,11H2,1H3. The summed E-state index contributed by atoms with van der Waals surface area (Å²) < 4.78 is 0. The van der Waals surface area contributed by atoms with E-state index in [0.717, 1.165) is 17.7 Å². The maximum Gasteiger partial charge on any atom is 0.272 e. The van der Waals surface area contributed by atoms with Crippen LogP contribution in [-0.2, 0) is 6.54 Å². The minimum atomic E-state index is -0.294. The molecule has 0 saturated carbocycles. The van der Waals surface area contributed by atoms with Gasteiger partial charge in [-0.15, -0.1) is 0 Å². The van der Waals surface area contributed by atoms with Gasteiger partial charge in [-0.2, -0.15) is 0 Å². The Hall–Kier alpha value is -1.46. The number of aryl methyl sites for hydroxylation is 1. The molecule has 0 spiro atoms. The van der Waals surface area contributed by atoms with Crippen LogP contribution in [0.15, 0.2) is 18.2 Å². The maximum atomic E-state index is 11.0. The van der Waals surface area contributed by atoms with Gasteiger partial charge in [0.05, 0.1) is 4.92 Å². The lowest BCUT2D eigenvalue weighted by Crippen LogP contribution is -2.44. The quantitative estimate of drug-likeness (QED) is 0.684. The van der Waals surface area contributed by atoms with Gasteiger partial charge >= 0.3 is 0 Å². The summed E-state index contributed by atoms with van der Waals surface area (Å²) >= 11 is 0. The SMILES string of the molecule is Cc1ccc(CNC2CCN3CCCCC23)cc1[N+](=O)[O-]. The molecule has 2 fully saturated rings. The van der Waals surface area contributed by atoms with E-state index >= 15 is 0 Å². The Morgan fingerprint density at radius 3 is 3.00 bits per heavy atom. The molecule has 5 nitrogen and oxygen atoms in total. The number of rotatable bonds is 4. The first kappa shape index (κ1) is 14.5. The fourth-order valence-corrected chi connectivity index (χ4v) is 3.70. The molecule has 1 aromatic rings. The summed E-state index contributed by atoms with van der Waals surface area (Å²) in [5.41, 5.74) is 1.95. The highest BCUT2D eigenvalue weighted by atomic mass is 16.6. The van der Waals surface area contributed by atoms with E-state index in [0.29, 0.717) is 12.1 Å². The van der Waals surface area contributed by atoms with Gasteiger partial charge in [-0.1, -0.05) is 18.6 Å². The lowest BCUT2D eigenvalue weighted by molar-refractivity contribution is -0.385. The Morgan fingerprint density at radius 2 is 2.19 bits per heavy atom. The van der Waals surface area contributed by atoms with Gasteiger partial charge in [0.1, 0.15) is 0 Å². The second-order valence-corrected chi connectivity index (χ2v) is 6.25. The van der Waals surface area contributed by atoms with Crippen molar-refractivity contribution in [3.8, 4) is 0 Å². The number of fused-ring (bicyclic) bond motifs is 1. The number of nitro groups is 1. The summed E-state index contributed by atoms with van der Waals surface area (Å²) in [6.07, 6.45) is 5.13. The minimum Gasteiger partial charge on any atom is -0.308 e. The second kappa shape index (κ2) is 6.12. The normalized spacial score (nSPS) is 25.8. The molecule has 2 aliphatic heterocycles. The van der Waals surface area contributed by atoms with Crippen molar-refractivity contribution in [2.75, 3.05) is 13.1 Å². The van der Waals surface area contributed by atoms with E-state index in [9.17, 15) is 10.1 Å². The summed E-state index contributed by atoms with van der Waals surface area (Å²) in [6, 6.07) is 6.74. The Morgan fingerprint density at radius 1 is 1.33 bits per heavy atom. The van der Waals surface area contributed by atoms with Crippen molar-refractivity contribution in [1.29, 1.82) is 0 Å². The smallest absolute Gasteiger partial charge is 0.272 e. The van der Waals surface area contributed by atoms with Gasteiger partial charge in [0.25, 0.3) is 5.69 Å². The molecule has 0 aromatic heterocycles. The van der Waals surface area contributed by atoms with E-state index in [4.69, 9.17) is 0 Å². The molecule has 2 aliphatic rings. The van der Waals surface area contributed by atoms with Gasteiger partial charge in [0.2, 0.25) is 0 Å². The number of hydrogen-bond donors (Lipinski definition) is 1. The lowest BCUT2D eigenvalue weighted by atomic mass is 9.99. The van der Waals surface area contributed by atoms with Crippen molar-refractivity contribution in [3.63, 3.8) is 0 Å². The first-order valence-electron chi connectivity index (χ1n) is 7.86. The molecular weight excluding hydrogens is 266 g/mol. The molecule has 3 rings (SSSR count). The van der Waals surface area contributed by atoms with E-state index in [-0.39, 0.29) is 10.6 Å². The first-order valence-corrected chi connectivity index (χ1v) is 7.86. The third kappa shape index (κ3) is 3.09. The summed E-state index contributed by atoms with van der Waals surface area (Å²) in [4.78, 5) is 13.3. The average Bonchev–Trinajstić information content (AvgIpc) is 2.89. The Labute approximate surface area is 125 Å². The highest BCUT2D eigenvalue weighted by Gasteiger charge is 2.34. The van der Waals surface area contributed by atoms with Crippen LogP contribution in [0.25, 0.3) is 0 Å². The predicted molar refractivity (Wildman–Crippen MR) is 82.3 cm³/mol. The molecule has 1 aromatic carbocycles. The second-order valence-electron chi connectivity index (χ2n) is 6.25. The van der Waals surface area contributed by atoms with Crippen LogP contribution in [0.2, 0.25) is 0 Å². The van der Waals surface area contributed by atoms with Crippen LogP contribution < -0.4 is 5.32 Å². The fourth-order valence-electron chi connectivity index (χ4n) is 3.70. The van der Waals surface area contributed by atoms with Crippen LogP contribution in [0.5, 0.6) is 0 Å². The molecule has 21 heavy (non-hydrogen) atoms. The summed E-state index contributed by atoms with van der Waals surface area (Å²) in [5, 5.41) is 14.6. The van der Waals surface area contributed by atoms with Crippen molar-refractivity contribution in [2.45, 2.75) is 51.2 Å². The van der Waals surface area contributed by atoms with Crippen molar-refractivity contribution < 1.29 is 4.92 Å². The molecule has 0 bridgehead atoms. The van der Waals surface area contributed by atoms with Crippen molar-refractivity contribution >= 4 is 5.69 Å². The van der Waals surface area contributed by atoms with E-state index in [1.54, 1.807) is 13.0 Å². The van der Waals surface area contributed by atoms with E-state index in [1.807, 2.05) is 12.1 Å². The third-order valence-corrected chi connectivity index (χ3v) is 4.89. The van der Waals surface area contributed by atoms with Crippen molar-refractivity contribution in [2.24, 2.45) is 0 Å². The Kier molecular flexibility index (Phi) is 4.22. The molecule has 2 atom stereocenters. The van der Waals surface area contributed by atoms with Gasteiger partial charge in [-0.3, -0.25) is 15.0 Å². The maximum absolute atomic E-state index is 11.0. The summed E-state index contributed by atoms with van der Waals surface area (Å²) in [7, 11) is 0. The van der Waals surface area contributed by atoms with Gasteiger partial charge in [0.15, 0.2) is 0 Å². The van der Waals surface area contributed by atoms with Crippen molar-refractivity contribution in [1.82, 2.24) is 10.2 Å². The van der Waals surface area contributed by atoms with E-state index in [2.05, 4.69) is 10.2 Å². The molecule has 114 valence electrons. The summed E-state index contributed by atoms with van der Waals surface area (Å²) in [6.45, 7) is 4.93. The molecule has 0 amide bonds. The third-order valence-electron chi connectivity index (χ3n) is 4.89. The zero-order valence-corrected chi connectivity index (χ0v) is 12.5. The van der Waals surface area contributed by atoms with Crippen LogP contribution in [0.3, 0.4) is 0 Å². The largest absolute Gasteiger partial charge is 0.308 e. The number of benzene rings is 1. The monoisotopic (exact) mass is 289 g/mol. The summed E-state index contributed by atoms with van der Waals surface area (Å²) in [5.74, 6) is 0. The molecule has 0 radical (unpaired) electrons. The van der Waals surface area contributed by atoms with Gasteiger partial charge in [-0.25, -0.2) is 0 Å². The Bertz CT molecular complexity index is 532. The minimum absolute atomic E-state index is 0.222. The molecule has 2 unspecified atom stereocenters. The zero-order valence-electron chi connectivity index (χ0n) is 12.5. The number of nitrogens with zero attached hydrogens (tertiary/aromatic N) is 2. The van der Waals surface area contributed by atoms with Crippen molar-refractivity contribution in [3.05, 3.63) is 39.4 Å². The van der Waals surface area contributed by atoms with E-state index in [1.165, 1.54) is 38.8 Å². The van der Waals surface area contributed by atoms with Gasteiger partial charge in [0, 0.05) is 36.8 Å². The number of nitrogens with one attached hydrogen (secondary N) is 1. The van der Waals surface area contributed by atoms with Gasteiger partial charge in [-0.05, 0) is 38.3 Å². The highest BCUT2D eigenvalue weighted by molar-refractivity contribution is 5.42. The topological polar surface area (TPSA) is 58.4 Å². The fraction of sp³-hybridized carbons (Fsp3) is 0.625. The van der Waals surface area contributed by atoms with Crippen LogP contribution in [-0.4, -0.2) is 35.0 Å². The molecule has 1 N–H and O–H groups in total. The molecule has 2 heterocycles. The molecule has 5 heteroatoms. The number of nitro benzene ring substituents is 1. The van der Waals surface area contributed by atoms with Gasteiger partial charge < -0.3 is 5.32 Å². The highest BCUT2D eigenvalue weighted by Crippen LogP contribution is 2.27. The lowest BCUT2D eigenvalue weighted by Gasteiger charge is -2.32. The average molecular weight is 289 g/mol. The number of hydrogen-bond acceptors (Lipinski definition) is 4. The van der Waals surface area contributed by atoms with Crippen LogP contribution >= 0.6 is 0 Å². The number of piperidine rings is 1. The molecule has 0 aliphatic carbocycles. The first-order chi connectivity index (χ1) is 10.1. The van der Waals surface area contributed by atoms with E-state index < -0.39 is 0 Å². The van der Waals surface area contributed by atoms with Crippen LogP contribution in [0.4, 0.5) is 5.69 Å². The zero-order chi connectivity index (χ0) is 14.8. The Balaban J connectivity index is 1.62. The van der Waals surface area contributed by atoms with Crippen LogP contribution in [0.1, 0.15) is 36.8 Å².